The fourth-order valence-electron chi connectivity index (χ4n) is 3.18. The molecule has 0 atom stereocenters. The van der Waals surface area contributed by atoms with Gasteiger partial charge in [0, 0.05) is 38.4 Å². The number of sulfonamides is 1. The molecule has 0 spiro atoms. The van der Waals surface area contributed by atoms with E-state index in [1.54, 1.807) is 31.4 Å². The Kier molecular flexibility index (Phi) is 7.53. The Labute approximate surface area is 177 Å². The maximum Gasteiger partial charge on any atom is 0.257 e. The van der Waals surface area contributed by atoms with Crippen LogP contribution >= 0.6 is 0 Å². The first-order valence-corrected chi connectivity index (χ1v) is 11.4. The number of rotatable bonds is 9. The first-order chi connectivity index (χ1) is 14.5. The van der Waals surface area contributed by atoms with Gasteiger partial charge in [-0.1, -0.05) is 18.2 Å². The number of methoxy groups -OCH3 is 1. The van der Waals surface area contributed by atoms with E-state index in [4.69, 9.17) is 9.47 Å². The molecule has 1 aliphatic heterocycles. The molecule has 2 aromatic rings. The molecule has 1 aliphatic rings. The standard InChI is InChI=1S/C21H27N3O5S/c1-28-19-7-9-20(10-8-19)29-17-21(25)22-11-16-30(26,27)24-14-12-23(13-15-24)18-5-3-2-4-6-18/h2-10H,11-17H2,1H3,(H,22,25). The molecule has 3 rings (SSSR count). The molecule has 1 fully saturated rings. The molecule has 162 valence electrons. The molecule has 1 amide bonds. The number of anilines is 1. The zero-order valence-electron chi connectivity index (χ0n) is 17.0. The lowest BCUT2D eigenvalue weighted by atomic mass is 10.2. The number of benzene rings is 2. The molecular formula is C21H27N3O5S. The number of carbonyl (C=O) groups is 1. The Morgan fingerprint density at radius 3 is 2.23 bits per heavy atom. The van der Waals surface area contributed by atoms with Crippen molar-refractivity contribution >= 4 is 21.6 Å². The molecule has 30 heavy (non-hydrogen) atoms. The van der Waals surface area contributed by atoms with Gasteiger partial charge in [0.05, 0.1) is 12.9 Å². The van der Waals surface area contributed by atoms with Gasteiger partial charge in [0.25, 0.3) is 5.91 Å². The Morgan fingerprint density at radius 1 is 0.967 bits per heavy atom. The predicted octanol–water partition coefficient (Wildman–Crippen LogP) is 1.34. The van der Waals surface area contributed by atoms with Crippen LogP contribution in [0.1, 0.15) is 0 Å². The van der Waals surface area contributed by atoms with Gasteiger partial charge in [0.1, 0.15) is 11.5 Å². The maximum absolute atomic E-state index is 12.6. The van der Waals surface area contributed by atoms with Crippen molar-refractivity contribution in [1.82, 2.24) is 9.62 Å². The second kappa shape index (κ2) is 10.3. The van der Waals surface area contributed by atoms with E-state index in [2.05, 4.69) is 10.2 Å². The van der Waals surface area contributed by atoms with Gasteiger partial charge in [-0.2, -0.15) is 4.31 Å². The second-order valence-corrected chi connectivity index (χ2v) is 8.94. The topological polar surface area (TPSA) is 88.2 Å². The van der Waals surface area contributed by atoms with Gasteiger partial charge in [0.15, 0.2) is 6.61 Å². The number of hydrogen-bond donors (Lipinski definition) is 1. The number of para-hydroxylation sites is 1. The third-order valence-electron chi connectivity index (χ3n) is 4.86. The SMILES string of the molecule is COc1ccc(OCC(=O)NCCS(=O)(=O)N2CCN(c3ccccc3)CC2)cc1. The molecule has 2 aromatic carbocycles. The number of carbonyl (C=O) groups excluding carboxylic acids is 1. The first-order valence-electron chi connectivity index (χ1n) is 9.79. The quantitative estimate of drug-likeness (QED) is 0.642. The summed E-state index contributed by atoms with van der Waals surface area (Å²) in [4.78, 5) is 14.1. The highest BCUT2D eigenvalue weighted by atomic mass is 32.2. The Hall–Kier alpha value is -2.78. The molecule has 1 N–H and O–H groups in total. The number of hydrogen-bond acceptors (Lipinski definition) is 6. The summed E-state index contributed by atoms with van der Waals surface area (Å²) < 4.78 is 37.1. The second-order valence-electron chi connectivity index (χ2n) is 6.85. The minimum atomic E-state index is -3.42. The van der Waals surface area contributed by atoms with Crippen molar-refractivity contribution in [3.05, 3.63) is 54.6 Å². The number of piperazine rings is 1. The van der Waals surface area contributed by atoms with Crippen molar-refractivity contribution in [1.29, 1.82) is 0 Å². The lowest BCUT2D eigenvalue weighted by Crippen LogP contribution is -2.50. The largest absolute Gasteiger partial charge is 0.497 e. The summed E-state index contributed by atoms with van der Waals surface area (Å²) in [5.74, 6) is 0.735. The van der Waals surface area contributed by atoms with Gasteiger partial charge in [-0.15, -0.1) is 0 Å². The van der Waals surface area contributed by atoms with Gasteiger partial charge in [0.2, 0.25) is 10.0 Å². The van der Waals surface area contributed by atoms with E-state index in [9.17, 15) is 13.2 Å². The van der Waals surface area contributed by atoms with E-state index in [0.717, 1.165) is 5.69 Å². The van der Waals surface area contributed by atoms with Gasteiger partial charge in [-0.05, 0) is 36.4 Å². The van der Waals surface area contributed by atoms with Gasteiger partial charge < -0.3 is 19.7 Å². The number of nitrogens with one attached hydrogen (secondary N) is 1. The van der Waals surface area contributed by atoms with Crippen LogP contribution in [0.2, 0.25) is 0 Å². The molecule has 9 heteroatoms. The van der Waals surface area contributed by atoms with Crippen LogP contribution in [-0.2, 0) is 14.8 Å². The molecule has 0 unspecified atom stereocenters. The van der Waals surface area contributed by atoms with Crippen LogP contribution in [0.5, 0.6) is 11.5 Å². The molecule has 0 bridgehead atoms. The zero-order valence-corrected chi connectivity index (χ0v) is 17.8. The minimum absolute atomic E-state index is 0.0477. The average molecular weight is 434 g/mol. The van der Waals surface area contributed by atoms with Crippen molar-refractivity contribution in [2.24, 2.45) is 0 Å². The molecular weight excluding hydrogens is 406 g/mol. The summed E-state index contributed by atoms with van der Waals surface area (Å²) in [6, 6.07) is 16.8. The minimum Gasteiger partial charge on any atom is -0.497 e. The van der Waals surface area contributed by atoms with E-state index in [1.165, 1.54) is 4.31 Å². The molecule has 8 nitrogen and oxygen atoms in total. The molecule has 1 saturated heterocycles. The molecule has 0 aromatic heterocycles. The monoisotopic (exact) mass is 433 g/mol. The highest BCUT2D eigenvalue weighted by molar-refractivity contribution is 7.89. The van der Waals surface area contributed by atoms with Gasteiger partial charge in [-0.3, -0.25) is 4.79 Å². The van der Waals surface area contributed by atoms with Crippen LogP contribution in [0, 0.1) is 0 Å². The Bertz CT molecular complexity index is 911. The third-order valence-corrected chi connectivity index (χ3v) is 6.74. The van der Waals surface area contributed by atoms with Crippen LogP contribution in [0.4, 0.5) is 5.69 Å². The summed E-state index contributed by atoms with van der Waals surface area (Å²) >= 11 is 0. The summed E-state index contributed by atoms with van der Waals surface area (Å²) in [5, 5.41) is 2.60. The van der Waals surface area contributed by atoms with Crippen molar-refractivity contribution in [2.45, 2.75) is 0 Å². The van der Waals surface area contributed by atoms with Crippen LogP contribution in [-0.4, -0.2) is 70.8 Å². The summed E-state index contributed by atoms with van der Waals surface area (Å²) in [6.45, 7) is 2.03. The Morgan fingerprint density at radius 2 is 1.60 bits per heavy atom. The molecule has 0 radical (unpaired) electrons. The van der Waals surface area contributed by atoms with Crippen molar-refractivity contribution < 1.29 is 22.7 Å². The lowest BCUT2D eigenvalue weighted by molar-refractivity contribution is -0.122. The van der Waals surface area contributed by atoms with Crippen molar-refractivity contribution in [2.75, 3.05) is 57.1 Å². The van der Waals surface area contributed by atoms with Crippen LogP contribution in [0.15, 0.2) is 54.6 Å². The Balaban J connectivity index is 1.38. The summed E-state index contributed by atoms with van der Waals surface area (Å²) in [7, 11) is -1.85. The van der Waals surface area contributed by atoms with Crippen molar-refractivity contribution in [3.8, 4) is 11.5 Å². The normalized spacial score (nSPS) is 14.9. The van der Waals surface area contributed by atoms with Crippen LogP contribution < -0.4 is 19.7 Å². The summed E-state index contributed by atoms with van der Waals surface area (Å²) in [6.07, 6.45) is 0. The summed E-state index contributed by atoms with van der Waals surface area (Å²) in [5.41, 5.74) is 1.10. The highest BCUT2D eigenvalue weighted by Gasteiger charge is 2.26. The fourth-order valence-corrected chi connectivity index (χ4v) is 4.52. The number of ether oxygens (including phenoxy) is 2. The molecule has 0 aliphatic carbocycles. The average Bonchev–Trinajstić information content (AvgIpc) is 2.78. The highest BCUT2D eigenvalue weighted by Crippen LogP contribution is 2.18. The smallest absolute Gasteiger partial charge is 0.257 e. The molecule has 1 heterocycles. The van der Waals surface area contributed by atoms with Crippen LogP contribution in [0.3, 0.4) is 0 Å². The predicted molar refractivity (Wildman–Crippen MR) is 116 cm³/mol. The first kappa shape index (κ1) is 21.9. The number of amides is 1. The van der Waals surface area contributed by atoms with Crippen LogP contribution in [0.25, 0.3) is 0 Å². The maximum atomic E-state index is 12.6. The zero-order chi connectivity index (χ0) is 21.4. The fraction of sp³-hybridized carbons (Fsp3) is 0.381. The van der Waals surface area contributed by atoms with Gasteiger partial charge in [-0.25, -0.2) is 8.42 Å². The van der Waals surface area contributed by atoms with E-state index >= 15 is 0 Å². The van der Waals surface area contributed by atoms with E-state index in [0.29, 0.717) is 37.7 Å². The lowest BCUT2D eigenvalue weighted by Gasteiger charge is -2.35. The van der Waals surface area contributed by atoms with E-state index in [1.807, 2.05) is 30.3 Å². The molecule has 0 saturated carbocycles. The third kappa shape index (κ3) is 6.11. The van der Waals surface area contributed by atoms with Crippen molar-refractivity contribution in [3.63, 3.8) is 0 Å². The van der Waals surface area contributed by atoms with E-state index < -0.39 is 10.0 Å². The van der Waals surface area contributed by atoms with Gasteiger partial charge >= 0.3 is 0 Å². The van der Waals surface area contributed by atoms with E-state index in [-0.39, 0.29) is 24.8 Å². The number of nitrogens with zero attached hydrogens (tertiary/aromatic N) is 2.